The standard InChI is InChI=1S/BO3.3Li/c2-1(3)4;;;/q-3;3*+1. The summed E-state index contributed by atoms with van der Waals surface area (Å²) in [6, 6.07) is 0. The molecule has 7 heavy (non-hydrogen) atoms. The van der Waals surface area contributed by atoms with Crippen molar-refractivity contribution < 1.29 is 71.7 Å². The monoisotopic (exact) mass is 80.0 g/mol. The van der Waals surface area contributed by atoms with Crippen molar-refractivity contribution in [3.63, 3.8) is 0 Å². The second-order valence-electron chi connectivity index (χ2n) is 0.289. The molecule has 0 saturated heterocycles. The quantitative estimate of drug-likeness (QED) is 0.271. The average Bonchev–Trinajstić information content (AvgIpc) is 0.811. The fraction of sp³-hybridized carbons (Fsp3) is 0. The van der Waals surface area contributed by atoms with E-state index in [1.54, 1.807) is 0 Å². The molecule has 0 aromatic heterocycles. The topological polar surface area (TPSA) is 69.2 Å². The van der Waals surface area contributed by atoms with Crippen LogP contribution >= 0.6 is 0 Å². The van der Waals surface area contributed by atoms with Crippen molar-refractivity contribution in [1.82, 2.24) is 0 Å². The molecule has 0 heterocycles. The summed E-state index contributed by atoms with van der Waals surface area (Å²) in [5.74, 6) is 0. The van der Waals surface area contributed by atoms with Gasteiger partial charge in [-0.3, -0.25) is 7.32 Å². The van der Waals surface area contributed by atoms with Gasteiger partial charge in [0.25, 0.3) is 0 Å². The van der Waals surface area contributed by atoms with Crippen LogP contribution in [-0.2, 0) is 0 Å². The molecule has 0 spiro atoms. The Morgan fingerprint density at radius 1 is 0.714 bits per heavy atom. The van der Waals surface area contributed by atoms with Gasteiger partial charge in [0.2, 0.25) is 0 Å². The summed E-state index contributed by atoms with van der Waals surface area (Å²) in [6.45, 7) is 0. The van der Waals surface area contributed by atoms with Crippen LogP contribution in [0.5, 0.6) is 0 Å². The van der Waals surface area contributed by atoms with Crippen LogP contribution in [-0.4, -0.2) is 7.32 Å². The third-order valence-corrected chi connectivity index (χ3v) is 0. The van der Waals surface area contributed by atoms with Crippen molar-refractivity contribution in [2.75, 3.05) is 0 Å². The molecule has 7 heteroatoms. The first kappa shape index (κ1) is 23.3. The molecule has 0 aliphatic heterocycles. The maximum atomic E-state index is 8.42. The molecule has 0 saturated carbocycles. The smallest absolute Gasteiger partial charge is 0.907 e. The molecule has 0 aliphatic carbocycles. The Labute approximate surface area is 78.6 Å². The molecule has 0 aromatic rings. The van der Waals surface area contributed by atoms with E-state index in [-0.39, 0.29) is 56.6 Å². The van der Waals surface area contributed by atoms with Gasteiger partial charge < -0.3 is 15.1 Å². The van der Waals surface area contributed by atoms with Gasteiger partial charge in [-0.15, -0.1) is 0 Å². The molecule has 0 fully saturated rings. The Kier molecular flexibility index (Phi) is 52.1. The van der Waals surface area contributed by atoms with Gasteiger partial charge in [-0.2, -0.15) is 0 Å². The minimum absolute atomic E-state index is 0. The van der Waals surface area contributed by atoms with Crippen molar-refractivity contribution in [3.05, 3.63) is 0 Å². The minimum Gasteiger partial charge on any atom is -0.907 e. The molecule has 0 radical (unpaired) electrons. The molecule has 0 unspecified atom stereocenters. The normalized spacial score (nSPS) is 3.86. The number of rotatable bonds is 0. The first-order valence-electron chi connectivity index (χ1n) is 0.707. The summed E-state index contributed by atoms with van der Waals surface area (Å²) in [5, 5.41) is 25.2. The van der Waals surface area contributed by atoms with Gasteiger partial charge in [0.1, 0.15) is 0 Å². The predicted molar refractivity (Wildman–Crippen MR) is 5.75 cm³/mol. The van der Waals surface area contributed by atoms with Crippen LogP contribution in [0.1, 0.15) is 0 Å². The second-order valence-corrected chi connectivity index (χ2v) is 0.289. The molecule has 24 valence electrons. The molecular formula is BLi3O3. The zero-order valence-electron chi connectivity index (χ0n) is 4.80. The molecule has 0 bridgehead atoms. The molecule has 0 rings (SSSR count). The van der Waals surface area contributed by atoms with E-state index in [4.69, 9.17) is 15.1 Å². The van der Waals surface area contributed by atoms with E-state index in [2.05, 4.69) is 0 Å². The molecule has 0 N–H and O–H groups in total. The molecule has 0 amide bonds. The molecule has 0 atom stereocenters. The van der Waals surface area contributed by atoms with Crippen LogP contribution in [0.2, 0.25) is 0 Å². The van der Waals surface area contributed by atoms with Crippen molar-refractivity contribution in [2.24, 2.45) is 0 Å². The number of hydrogen-bond acceptors (Lipinski definition) is 3. The summed E-state index contributed by atoms with van der Waals surface area (Å²) >= 11 is 0. The number of hydrogen-bond donors (Lipinski definition) is 0. The van der Waals surface area contributed by atoms with Crippen molar-refractivity contribution >= 4 is 7.32 Å². The fourth-order valence-electron chi connectivity index (χ4n) is 0. The van der Waals surface area contributed by atoms with Crippen LogP contribution < -0.4 is 71.7 Å². The first-order chi connectivity index (χ1) is 1.73. The van der Waals surface area contributed by atoms with E-state index >= 15 is 0 Å². The van der Waals surface area contributed by atoms with Crippen molar-refractivity contribution in [3.8, 4) is 0 Å². The largest absolute Gasteiger partial charge is 1.00 e. The van der Waals surface area contributed by atoms with E-state index in [9.17, 15) is 0 Å². The molecule has 3 nitrogen and oxygen atoms in total. The van der Waals surface area contributed by atoms with E-state index in [0.717, 1.165) is 0 Å². The van der Waals surface area contributed by atoms with Crippen LogP contribution in [0.4, 0.5) is 0 Å². The Balaban J connectivity index is -0.0000000150. The summed E-state index contributed by atoms with van der Waals surface area (Å²) in [7, 11) is -2.92. The van der Waals surface area contributed by atoms with E-state index in [1.807, 2.05) is 0 Å². The van der Waals surface area contributed by atoms with Crippen molar-refractivity contribution in [2.45, 2.75) is 0 Å². The zero-order chi connectivity index (χ0) is 3.58. The summed E-state index contributed by atoms with van der Waals surface area (Å²) in [6.07, 6.45) is 0. The maximum absolute atomic E-state index is 8.42. The summed E-state index contributed by atoms with van der Waals surface area (Å²) in [5.41, 5.74) is 0. The van der Waals surface area contributed by atoms with Gasteiger partial charge >= 0.3 is 56.6 Å². The first-order valence-corrected chi connectivity index (χ1v) is 0.707. The van der Waals surface area contributed by atoms with Crippen molar-refractivity contribution in [1.29, 1.82) is 0 Å². The fourth-order valence-corrected chi connectivity index (χ4v) is 0. The van der Waals surface area contributed by atoms with Gasteiger partial charge in [0.15, 0.2) is 0 Å². The molecule has 0 aromatic carbocycles. The van der Waals surface area contributed by atoms with Crippen LogP contribution in [0, 0.1) is 0 Å². The van der Waals surface area contributed by atoms with Crippen LogP contribution in [0.3, 0.4) is 0 Å². The van der Waals surface area contributed by atoms with Crippen LogP contribution in [0.15, 0.2) is 0 Å². The van der Waals surface area contributed by atoms with Gasteiger partial charge in [-0.05, 0) is 0 Å². The Bertz CT molecular complexity index is 14.9. The van der Waals surface area contributed by atoms with Gasteiger partial charge in [0.05, 0.1) is 0 Å². The molecular weight excluding hydrogens is 79.6 g/mol. The van der Waals surface area contributed by atoms with Crippen LogP contribution in [0.25, 0.3) is 0 Å². The van der Waals surface area contributed by atoms with Gasteiger partial charge in [-0.25, -0.2) is 0 Å². The Hall–Kier alpha value is 1.74. The third-order valence-electron chi connectivity index (χ3n) is 0. The Morgan fingerprint density at radius 2 is 0.714 bits per heavy atom. The average molecular weight is 79.6 g/mol. The minimum atomic E-state index is -2.92. The zero-order valence-corrected chi connectivity index (χ0v) is 4.80. The van der Waals surface area contributed by atoms with Gasteiger partial charge in [0, 0.05) is 0 Å². The van der Waals surface area contributed by atoms with Gasteiger partial charge in [-0.1, -0.05) is 0 Å². The molecule has 0 aliphatic rings. The summed E-state index contributed by atoms with van der Waals surface area (Å²) in [4.78, 5) is 0. The van der Waals surface area contributed by atoms with E-state index in [0.29, 0.717) is 0 Å². The van der Waals surface area contributed by atoms with E-state index < -0.39 is 7.32 Å². The van der Waals surface area contributed by atoms with E-state index in [1.165, 1.54) is 0 Å². The predicted octanol–water partition coefficient (Wildman–Crippen LogP) is -12.9. The Morgan fingerprint density at radius 3 is 0.714 bits per heavy atom. The third kappa shape index (κ3) is 84.4. The SMILES string of the molecule is [Li+].[Li+].[Li+].[O-]B([O-])[O-]. The second kappa shape index (κ2) is 15.6. The summed E-state index contributed by atoms with van der Waals surface area (Å²) < 4.78 is 0. The maximum Gasteiger partial charge on any atom is 1.00 e.